The van der Waals surface area contributed by atoms with Gasteiger partial charge in [-0.1, -0.05) is 11.6 Å². The number of hydrogen-bond acceptors (Lipinski definition) is 7. The van der Waals surface area contributed by atoms with Gasteiger partial charge in [0.25, 0.3) is 0 Å². The third kappa shape index (κ3) is 5.44. The van der Waals surface area contributed by atoms with Gasteiger partial charge in [-0.05, 0) is 36.4 Å². The van der Waals surface area contributed by atoms with Gasteiger partial charge in [-0.2, -0.15) is 13.2 Å². The van der Waals surface area contributed by atoms with Gasteiger partial charge in [0.2, 0.25) is 5.91 Å². The van der Waals surface area contributed by atoms with Crippen molar-refractivity contribution in [3.8, 4) is 17.2 Å². The van der Waals surface area contributed by atoms with Crippen molar-refractivity contribution in [3.63, 3.8) is 0 Å². The molecule has 0 bridgehead atoms. The Morgan fingerprint density at radius 2 is 1.89 bits per heavy atom. The Morgan fingerprint density at radius 1 is 1.17 bits per heavy atom. The quantitative estimate of drug-likeness (QED) is 0.380. The number of hydrogen-bond donors (Lipinski definition) is 2. The smallest absolute Gasteiger partial charge is 0.382 e. The van der Waals surface area contributed by atoms with Crippen LogP contribution < -0.4 is 11.0 Å². The molecule has 0 radical (unpaired) electrons. The fraction of sp³-hybridized carbons (Fsp3) is 0.238. The Labute approximate surface area is 205 Å². The molecule has 4 aromatic rings. The van der Waals surface area contributed by atoms with Crippen molar-refractivity contribution < 1.29 is 23.1 Å². The van der Waals surface area contributed by atoms with E-state index in [-0.39, 0.29) is 29.9 Å². The predicted octanol–water partition coefficient (Wildman–Crippen LogP) is 2.27. The molecule has 0 aliphatic rings. The number of aliphatic hydroxyl groups is 1. The first-order valence-electron chi connectivity index (χ1n) is 10.3. The van der Waals surface area contributed by atoms with E-state index >= 15 is 0 Å². The van der Waals surface area contributed by atoms with Crippen molar-refractivity contribution >= 4 is 23.2 Å². The number of carbonyl (C=O) groups excluding carboxylic acids is 1. The highest BCUT2D eigenvalue weighted by atomic mass is 35.5. The molecule has 11 nitrogen and oxygen atoms in total. The van der Waals surface area contributed by atoms with Crippen LogP contribution in [0.5, 0.6) is 0 Å². The second kappa shape index (κ2) is 9.91. The maximum atomic E-state index is 13.0. The highest BCUT2D eigenvalue weighted by Gasteiger charge is 2.39. The third-order valence-electron chi connectivity index (χ3n) is 4.90. The van der Waals surface area contributed by atoms with E-state index in [9.17, 15) is 27.9 Å². The molecule has 0 unspecified atom stereocenters. The molecule has 1 amide bonds. The van der Waals surface area contributed by atoms with Gasteiger partial charge in [-0.3, -0.25) is 9.36 Å². The number of aliphatic hydroxyl groups excluding tert-OH is 1. The van der Waals surface area contributed by atoms with Crippen LogP contribution >= 0.6 is 11.6 Å². The molecule has 2 N–H and O–H groups in total. The molecule has 1 atom stereocenters. The largest absolute Gasteiger partial charge is 0.416 e. The molecule has 0 aliphatic heterocycles. The van der Waals surface area contributed by atoms with Crippen LogP contribution in [0.15, 0.2) is 53.7 Å². The number of aromatic nitrogens is 7. The number of anilines is 1. The number of nitrogens with zero attached hydrogens (tertiary/aromatic N) is 7. The molecule has 0 spiro atoms. The van der Waals surface area contributed by atoms with E-state index in [4.69, 9.17) is 11.6 Å². The summed E-state index contributed by atoms with van der Waals surface area (Å²) in [7, 11) is 0. The van der Waals surface area contributed by atoms with Gasteiger partial charge < -0.3 is 10.4 Å². The fourth-order valence-electron chi connectivity index (χ4n) is 3.27. The topological polar surface area (TPSA) is 133 Å². The number of benzene rings is 1. The summed E-state index contributed by atoms with van der Waals surface area (Å²) in [6.07, 6.45) is -4.93. The van der Waals surface area contributed by atoms with Gasteiger partial charge in [0.15, 0.2) is 23.6 Å². The molecule has 36 heavy (non-hydrogen) atoms. The molecular formula is C21H18ClF3N8O3. The maximum Gasteiger partial charge on any atom is 0.416 e. The molecule has 0 saturated carbocycles. The first kappa shape index (κ1) is 25.1. The molecule has 15 heteroatoms. The zero-order chi connectivity index (χ0) is 26.0. The summed E-state index contributed by atoms with van der Waals surface area (Å²) in [4.78, 5) is 32.7. The summed E-state index contributed by atoms with van der Waals surface area (Å²) in [5.41, 5.74) is -0.220. The first-order chi connectivity index (χ1) is 17.0. The predicted molar refractivity (Wildman–Crippen MR) is 122 cm³/mol. The molecule has 1 aromatic carbocycles. The normalized spacial score (nSPS) is 12.5. The monoisotopic (exact) mass is 522 g/mol. The zero-order valence-corrected chi connectivity index (χ0v) is 19.3. The van der Waals surface area contributed by atoms with E-state index in [2.05, 4.69) is 25.5 Å². The summed E-state index contributed by atoms with van der Waals surface area (Å²) in [5.74, 6) is -0.0609. The van der Waals surface area contributed by atoms with Gasteiger partial charge in [0.05, 0.1) is 12.2 Å². The molecule has 4 rings (SSSR count). The number of halogens is 4. The molecular weight excluding hydrogens is 505 g/mol. The Balaban J connectivity index is 1.69. The van der Waals surface area contributed by atoms with Crippen molar-refractivity contribution in [1.29, 1.82) is 0 Å². The summed E-state index contributed by atoms with van der Waals surface area (Å²) in [6.45, 7) is -0.0136. The lowest BCUT2D eigenvalue weighted by Crippen LogP contribution is -2.37. The van der Waals surface area contributed by atoms with E-state index in [1.165, 1.54) is 48.4 Å². The summed E-state index contributed by atoms with van der Waals surface area (Å²) < 4.78 is 41.9. The molecule has 3 aromatic heterocycles. The summed E-state index contributed by atoms with van der Waals surface area (Å²) in [5, 5.41) is 21.0. The SMILES string of the molecule is CC(=O)Nc1cccnc1-n1cnc(Cn2nc(-c3ccc(Cl)cc3)n(C[C@H](O)C(F)(F)F)c2=O)n1. The molecule has 0 saturated heterocycles. The second-order valence-electron chi connectivity index (χ2n) is 7.60. The van der Waals surface area contributed by atoms with Crippen LogP contribution in [-0.4, -0.2) is 57.4 Å². The van der Waals surface area contributed by atoms with E-state index in [1.807, 2.05) is 0 Å². The lowest BCUT2D eigenvalue weighted by atomic mass is 10.2. The van der Waals surface area contributed by atoms with Crippen molar-refractivity contribution in [2.75, 3.05) is 5.32 Å². The van der Waals surface area contributed by atoms with Gasteiger partial charge in [-0.25, -0.2) is 24.1 Å². The number of alkyl halides is 3. The molecule has 0 fully saturated rings. The average molecular weight is 523 g/mol. The number of rotatable bonds is 7. The van der Waals surface area contributed by atoms with E-state index in [1.54, 1.807) is 12.1 Å². The van der Waals surface area contributed by atoms with Crippen molar-refractivity contribution in [2.24, 2.45) is 0 Å². The van der Waals surface area contributed by atoms with Crippen molar-refractivity contribution in [1.82, 2.24) is 34.1 Å². The van der Waals surface area contributed by atoms with Crippen molar-refractivity contribution in [3.05, 3.63) is 70.3 Å². The number of amides is 1. The van der Waals surface area contributed by atoms with Gasteiger partial charge in [-0.15, -0.1) is 10.2 Å². The highest BCUT2D eigenvalue weighted by Crippen LogP contribution is 2.24. The first-order valence-corrected chi connectivity index (χ1v) is 10.7. The van der Waals surface area contributed by atoms with Gasteiger partial charge in [0, 0.05) is 23.7 Å². The second-order valence-corrected chi connectivity index (χ2v) is 8.04. The van der Waals surface area contributed by atoms with Crippen LogP contribution in [0.1, 0.15) is 12.7 Å². The summed E-state index contributed by atoms with van der Waals surface area (Å²) >= 11 is 5.89. The minimum absolute atomic E-state index is 0.0974. The standard InChI is InChI=1S/C21H18ClF3N8O3/c1-12(34)28-15-3-2-8-26-19(15)33-11-27-17(29-33)10-32-20(36)31(9-16(35)21(23,24)25)18(30-32)13-4-6-14(22)7-5-13/h2-8,11,16,35H,9-10H2,1H3,(H,28,34)/t16-/m0/s1. The van der Waals surface area contributed by atoms with E-state index in [0.717, 1.165) is 9.25 Å². The summed E-state index contributed by atoms with van der Waals surface area (Å²) in [6, 6.07) is 9.19. The number of carbonyl (C=O) groups is 1. The van der Waals surface area contributed by atoms with Crippen LogP contribution in [0.25, 0.3) is 17.2 Å². The van der Waals surface area contributed by atoms with Crippen LogP contribution in [-0.2, 0) is 17.9 Å². The number of pyridine rings is 1. The lowest BCUT2D eigenvalue weighted by Gasteiger charge is -2.15. The minimum Gasteiger partial charge on any atom is -0.382 e. The van der Waals surface area contributed by atoms with Crippen LogP contribution in [0.4, 0.5) is 18.9 Å². The van der Waals surface area contributed by atoms with E-state index < -0.39 is 24.5 Å². The minimum atomic E-state index is -4.94. The Kier molecular flexibility index (Phi) is 6.90. The van der Waals surface area contributed by atoms with Crippen LogP contribution in [0.2, 0.25) is 5.02 Å². The lowest BCUT2D eigenvalue weighted by molar-refractivity contribution is -0.207. The third-order valence-corrected chi connectivity index (χ3v) is 5.16. The molecule has 3 heterocycles. The average Bonchev–Trinajstić information content (AvgIpc) is 3.39. The Bertz CT molecular complexity index is 1450. The number of nitrogens with one attached hydrogen (secondary N) is 1. The Hall–Kier alpha value is -4.04. The Morgan fingerprint density at radius 3 is 2.56 bits per heavy atom. The van der Waals surface area contributed by atoms with Gasteiger partial charge >= 0.3 is 11.9 Å². The fourth-order valence-corrected chi connectivity index (χ4v) is 3.40. The highest BCUT2D eigenvalue weighted by molar-refractivity contribution is 6.30. The molecule has 188 valence electrons. The van der Waals surface area contributed by atoms with E-state index in [0.29, 0.717) is 16.3 Å². The zero-order valence-electron chi connectivity index (χ0n) is 18.5. The van der Waals surface area contributed by atoms with Crippen LogP contribution in [0, 0.1) is 0 Å². The molecule has 0 aliphatic carbocycles. The van der Waals surface area contributed by atoms with Gasteiger partial charge in [0.1, 0.15) is 12.9 Å². The maximum absolute atomic E-state index is 13.0. The van der Waals surface area contributed by atoms with Crippen LogP contribution in [0.3, 0.4) is 0 Å². The van der Waals surface area contributed by atoms with Crippen molar-refractivity contribution in [2.45, 2.75) is 32.3 Å².